The quantitative estimate of drug-likeness (QED) is 0.594. The topological polar surface area (TPSA) is 42.5 Å². The number of hydrogen-bond donors (Lipinski definition) is 2. The van der Waals surface area contributed by atoms with E-state index in [0.29, 0.717) is 5.11 Å². The summed E-state index contributed by atoms with van der Waals surface area (Å²) in [6.07, 6.45) is 3.54. The van der Waals surface area contributed by atoms with Crippen molar-refractivity contribution in [2.24, 2.45) is 0 Å². The second-order valence-electron chi connectivity index (χ2n) is 4.19. The highest BCUT2D eigenvalue weighted by Crippen LogP contribution is 2.25. The zero-order valence-corrected chi connectivity index (χ0v) is 12.6. The summed E-state index contributed by atoms with van der Waals surface area (Å²) < 4.78 is 10.4. The van der Waals surface area contributed by atoms with Crippen LogP contribution in [0, 0.1) is 0 Å². The van der Waals surface area contributed by atoms with Gasteiger partial charge in [0.05, 0.1) is 14.2 Å². The molecule has 0 amide bonds. The van der Waals surface area contributed by atoms with Crippen molar-refractivity contribution in [1.29, 1.82) is 0 Å². The molecule has 0 unspecified atom stereocenters. The molecule has 0 aliphatic heterocycles. The maximum atomic E-state index is 5.24. The van der Waals surface area contributed by atoms with E-state index in [1.165, 1.54) is 12.8 Å². The van der Waals surface area contributed by atoms with Crippen LogP contribution < -0.4 is 20.1 Å². The molecule has 5 heteroatoms. The van der Waals surface area contributed by atoms with Gasteiger partial charge in [-0.25, -0.2) is 0 Å². The third-order valence-corrected chi connectivity index (χ3v) is 2.92. The molecule has 0 aliphatic rings. The Morgan fingerprint density at radius 1 is 1.11 bits per heavy atom. The fourth-order valence-corrected chi connectivity index (χ4v) is 1.85. The summed E-state index contributed by atoms with van der Waals surface area (Å²) in [4.78, 5) is 0. The van der Waals surface area contributed by atoms with Gasteiger partial charge in [-0.05, 0) is 18.6 Å². The van der Waals surface area contributed by atoms with Gasteiger partial charge in [0.2, 0.25) is 0 Å². The van der Waals surface area contributed by atoms with Crippen molar-refractivity contribution in [1.82, 2.24) is 5.32 Å². The first-order valence-electron chi connectivity index (χ1n) is 6.47. The van der Waals surface area contributed by atoms with E-state index in [0.717, 1.165) is 30.2 Å². The Bertz CT molecular complexity index is 388. The maximum absolute atomic E-state index is 5.24. The molecular formula is C14H22N2O2S. The minimum Gasteiger partial charge on any atom is -0.497 e. The highest BCUT2D eigenvalue weighted by atomic mass is 32.1. The van der Waals surface area contributed by atoms with E-state index in [1.54, 1.807) is 14.2 Å². The van der Waals surface area contributed by atoms with E-state index in [4.69, 9.17) is 21.7 Å². The first-order valence-corrected chi connectivity index (χ1v) is 6.88. The van der Waals surface area contributed by atoms with E-state index in [2.05, 4.69) is 17.6 Å². The SMILES string of the molecule is CCCCCNC(=S)Nc1cc(OC)cc(OC)c1. The molecule has 0 spiro atoms. The summed E-state index contributed by atoms with van der Waals surface area (Å²) in [7, 11) is 3.25. The minimum atomic E-state index is 0.617. The lowest BCUT2D eigenvalue weighted by Crippen LogP contribution is -2.29. The molecule has 0 aliphatic carbocycles. The van der Waals surface area contributed by atoms with Crippen LogP contribution in [0.4, 0.5) is 5.69 Å². The summed E-state index contributed by atoms with van der Waals surface area (Å²) in [5, 5.41) is 6.93. The Morgan fingerprint density at radius 2 is 1.74 bits per heavy atom. The highest BCUT2D eigenvalue weighted by molar-refractivity contribution is 7.80. The van der Waals surface area contributed by atoms with Crippen molar-refractivity contribution in [2.75, 3.05) is 26.1 Å². The number of hydrogen-bond acceptors (Lipinski definition) is 3. The zero-order chi connectivity index (χ0) is 14.1. The molecule has 0 bridgehead atoms. The van der Waals surface area contributed by atoms with Gasteiger partial charge in [0.15, 0.2) is 5.11 Å². The number of anilines is 1. The van der Waals surface area contributed by atoms with Crippen LogP contribution in [-0.2, 0) is 0 Å². The Morgan fingerprint density at radius 3 is 2.26 bits per heavy atom. The number of unbranched alkanes of at least 4 members (excludes halogenated alkanes) is 2. The Labute approximate surface area is 120 Å². The zero-order valence-electron chi connectivity index (χ0n) is 11.8. The predicted molar refractivity (Wildman–Crippen MR) is 83.3 cm³/mol. The van der Waals surface area contributed by atoms with Gasteiger partial charge < -0.3 is 20.1 Å². The average molecular weight is 282 g/mol. The van der Waals surface area contributed by atoms with Crippen molar-refractivity contribution in [3.63, 3.8) is 0 Å². The largest absolute Gasteiger partial charge is 0.497 e. The molecule has 0 fully saturated rings. The Kier molecular flexibility index (Phi) is 7.03. The number of rotatable bonds is 7. The van der Waals surface area contributed by atoms with E-state index < -0.39 is 0 Å². The summed E-state index contributed by atoms with van der Waals surface area (Å²) >= 11 is 5.24. The second-order valence-corrected chi connectivity index (χ2v) is 4.60. The number of ether oxygens (including phenoxy) is 2. The summed E-state index contributed by atoms with van der Waals surface area (Å²) in [6, 6.07) is 5.58. The lowest BCUT2D eigenvalue weighted by Gasteiger charge is -2.12. The molecule has 0 saturated heterocycles. The molecule has 0 atom stereocenters. The van der Waals surface area contributed by atoms with Gasteiger partial charge in [-0.15, -0.1) is 0 Å². The van der Waals surface area contributed by atoms with E-state index in [1.807, 2.05) is 18.2 Å². The molecule has 4 nitrogen and oxygen atoms in total. The van der Waals surface area contributed by atoms with Crippen LogP contribution in [0.15, 0.2) is 18.2 Å². The lowest BCUT2D eigenvalue weighted by atomic mass is 10.2. The fourth-order valence-electron chi connectivity index (χ4n) is 1.63. The average Bonchev–Trinajstić information content (AvgIpc) is 2.43. The molecule has 0 radical (unpaired) electrons. The summed E-state index contributed by atoms with van der Waals surface area (Å²) in [6.45, 7) is 3.07. The number of benzene rings is 1. The molecule has 1 rings (SSSR count). The van der Waals surface area contributed by atoms with Crippen molar-refractivity contribution in [3.05, 3.63) is 18.2 Å². The number of nitrogens with one attached hydrogen (secondary N) is 2. The molecule has 1 aromatic rings. The molecule has 2 N–H and O–H groups in total. The van der Waals surface area contributed by atoms with Gasteiger partial charge >= 0.3 is 0 Å². The van der Waals surface area contributed by atoms with E-state index in [9.17, 15) is 0 Å². The van der Waals surface area contributed by atoms with E-state index >= 15 is 0 Å². The van der Waals surface area contributed by atoms with Crippen LogP contribution in [0.1, 0.15) is 26.2 Å². The Balaban J connectivity index is 2.53. The van der Waals surface area contributed by atoms with Crippen LogP contribution in [-0.4, -0.2) is 25.9 Å². The third-order valence-electron chi connectivity index (χ3n) is 2.68. The first kappa shape index (κ1) is 15.6. The van der Waals surface area contributed by atoms with Crippen molar-refractivity contribution in [3.8, 4) is 11.5 Å². The van der Waals surface area contributed by atoms with Crippen molar-refractivity contribution < 1.29 is 9.47 Å². The minimum absolute atomic E-state index is 0.617. The Hall–Kier alpha value is -1.49. The monoisotopic (exact) mass is 282 g/mol. The van der Waals surface area contributed by atoms with Crippen LogP contribution in [0.25, 0.3) is 0 Å². The summed E-state index contributed by atoms with van der Waals surface area (Å²) in [5.74, 6) is 1.46. The molecule has 1 aromatic carbocycles. The van der Waals surface area contributed by atoms with Crippen molar-refractivity contribution in [2.45, 2.75) is 26.2 Å². The molecular weight excluding hydrogens is 260 g/mol. The normalized spacial score (nSPS) is 9.84. The van der Waals surface area contributed by atoms with Crippen LogP contribution >= 0.6 is 12.2 Å². The fraction of sp³-hybridized carbons (Fsp3) is 0.500. The van der Waals surface area contributed by atoms with Gasteiger partial charge in [-0.1, -0.05) is 19.8 Å². The first-order chi connectivity index (χ1) is 9.19. The molecule has 106 valence electrons. The predicted octanol–water partition coefficient (Wildman–Crippen LogP) is 3.18. The number of thiocarbonyl (C=S) groups is 1. The van der Waals surface area contributed by atoms with Crippen LogP contribution in [0.5, 0.6) is 11.5 Å². The van der Waals surface area contributed by atoms with Crippen LogP contribution in [0.3, 0.4) is 0 Å². The van der Waals surface area contributed by atoms with E-state index in [-0.39, 0.29) is 0 Å². The molecule has 0 aromatic heterocycles. The molecule has 0 saturated carbocycles. The van der Waals surface area contributed by atoms with Gasteiger partial charge in [-0.3, -0.25) is 0 Å². The second kappa shape index (κ2) is 8.58. The standard InChI is InChI=1S/C14H22N2O2S/c1-4-5-6-7-15-14(19)16-11-8-12(17-2)10-13(9-11)18-3/h8-10H,4-7H2,1-3H3,(H2,15,16,19). The third kappa shape index (κ3) is 5.79. The smallest absolute Gasteiger partial charge is 0.170 e. The van der Waals surface area contributed by atoms with Crippen LogP contribution in [0.2, 0.25) is 0 Å². The van der Waals surface area contributed by atoms with Crippen molar-refractivity contribution >= 4 is 23.0 Å². The molecule has 19 heavy (non-hydrogen) atoms. The van der Waals surface area contributed by atoms with Gasteiger partial charge in [0, 0.05) is 30.4 Å². The highest BCUT2D eigenvalue weighted by Gasteiger charge is 2.03. The maximum Gasteiger partial charge on any atom is 0.170 e. The van der Waals surface area contributed by atoms with Gasteiger partial charge in [-0.2, -0.15) is 0 Å². The lowest BCUT2D eigenvalue weighted by molar-refractivity contribution is 0.395. The summed E-state index contributed by atoms with van der Waals surface area (Å²) in [5.41, 5.74) is 0.851. The van der Waals surface area contributed by atoms with Gasteiger partial charge in [0.25, 0.3) is 0 Å². The van der Waals surface area contributed by atoms with Gasteiger partial charge in [0.1, 0.15) is 11.5 Å². The number of methoxy groups -OCH3 is 2. The molecule has 0 heterocycles.